The van der Waals surface area contributed by atoms with Gasteiger partial charge in [-0.2, -0.15) is 0 Å². The van der Waals surface area contributed by atoms with Crippen LogP contribution in [0.3, 0.4) is 0 Å². The standard InChI is InChI=1S/C25H25F3N2.C3H4F4/c1-17-9-10-23(29-16-17)25(30-19(3)13-24(27)28,15-20-7-5-4-6-8-20)21-11-18(2)12-22(26)14-21;1-3(6,7)2(4)5/h4-12,14,16,24,30H,3,13,15H2,1-2H3;2H,1H3. The summed E-state index contributed by atoms with van der Waals surface area (Å²) in [7, 11) is 0. The largest absolute Gasteiger partial charge is 0.374 e. The van der Waals surface area contributed by atoms with Crippen LogP contribution < -0.4 is 5.32 Å². The highest BCUT2D eigenvalue weighted by atomic mass is 19.3. The first-order chi connectivity index (χ1) is 17.2. The minimum absolute atomic E-state index is 0.172. The van der Waals surface area contributed by atoms with Crippen molar-refractivity contribution in [3.05, 3.63) is 113 Å². The van der Waals surface area contributed by atoms with Crippen LogP contribution in [0.15, 0.2) is 79.1 Å². The highest BCUT2D eigenvalue weighted by Gasteiger charge is 2.37. The summed E-state index contributed by atoms with van der Waals surface area (Å²) in [6, 6.07) is 18.1. The fourth-order valence-corrected chi connectivity index (χ4v) is 3.67. The molecule has 3 aromatic rings. The molecular weight excluding hydrogens is 497 g/mol. The topological polar surface area (TPSA) is 24.9 Å². The Kier molecular flexibility index (Phi) is 10.3. The smallest absolute Gasteiger partial charge is 0.304 e. The first kappa shape index (κ1) is 29.9. The van der Waals surface area contributed by atoms with Gasteiger partial charge >= 0.3 is 12.3 Å². The molecule has 0 aliphatic carbocycles. The summed E-state index contributed by atoms with van der Waals surface area (Å²) in [6.45, 7) is 7.72. The second-order valence-corrected chi connectivity index (χ2v) is 8.89. The number of rotatable bonds is 9. The Morgan fingerprint density at radius 1 is 0.946 bits per heavy atom. The first-order valence-electron chi connectivity index (χ1n) is 11.4. The number of halogens is 7. The zero-order chi connectivity index (χ0) is 27.8. The number of nitrogens with one attached hydrogen (secondary N) is 1. The van der Waals surface area contributed by atoms with Gasteiger partial charge in [-0.3, -0.25) is 4.98 Å². The van der Waals surface area contributed by atoms with Crippen LogP contribution in [0, 0.1) is 19.7 Å². The molecule has 0 spiro atoms. The summed E-state index contributed by atoms with van der Waals surface area (Å²) in [4.78, 5) is 4.60. The number of hydrogen-bond donors (Lipinski definition) is 1. The first-order valence-corrected chi connectivity index (χ1v) is 11.4. The van der Waals surface area contributed by atoms with E-state index in [1.54, 1.807) is 13.1 Å². The summed E-state index contributed by atoms with van der Waals surface area (Å²) in [5, 5.41) is 3.21. The number of hydrogen-bond acceptors (Lipinski definition) is 2. The number of aryl methyl sites for hydroxylation is 2. The molecule has 1 N–H and O–H groups in total. The van der Waals surface area contributed by atoms with Gasteiger partial charge in [0.2, 0.25) is 6.43 Å². The average Bonchev–Trinajstić information content (AvgIpc) is 2.78. The average molecular weight is 527 g/mol. The number of nitrogens with zero attached hydrogens (tertiary/aromatic N) is 1. The van der Waals surface area contributed by atoms with Crippen molar-refractivity contribution < 1.29 is 30.7 Å². The molecule has 2 nitrogen and oxygen atoms in total. The van der Waals surface area contributed by atoms with Crippen molar-refractivity contribution in [2.45, 2.75) is 57.9 Å². The quantitative estimate of drug-likeness (QED) is 0.286. The van der Waals surface area contributed by atoms with Gasteiger partial charge < -0.3 is 5.32 Å². The van der Waals surface area contributed by atoms with E-state index in [1.807, 2.05) is 55.5 Å². The summed E-state index contributed by atoms with van der Waals surface area (Å²) < 4.78 is 84.4. The Bertz CT molecular complexity index is 1120. The van der Waals surface area contributed by atoms with Gasteiger partial charge in [-0.25, -0.2) is 30.7 Å². The second kappa shape index (κ2) is 12.7. The maximum atomic E-state index is 14.4. The highest BCUT2D eigenvalue weighted by molar-refractivity contribution is 5.41. The molecule has 2 aromatic carbocycles. The van der Waals surface area contributed by atoms with E-state index in [1.165, 1.54) is 12.1 Å². The van der Waals surface area contributed by atoms with Gasteiger partial charge in [-0.1, -0.05) is 49.0 Å². The molecule has 0 saturated heterocycles. The van der Waals surface area contributed by atoms with Crippen molar-refractivity contribution in [2.24, 2.45) is 0 Å². The highest BCUT2D eigenvalue weighted by Crippen LogP contribution is 2.35. The molecular formula is C28H29F7N2. The zero-order valence-electron chi connectivity index (χ0n) is 20.7. The van der Waals surface area contributed by atoms with Crippen molar-refractivity contribution in [1.29, 1.82) is 0 Å². The molecule has 3 rings (SSSR count). The van der Waals surface area contributed by atoms with Gasteiger partial charge in [0.1, 0.15) is 11.4 Å². The predicted molar refractivity (Wildman–Crippen MR) is 131 cm³/mol. The Balaban J connectivity index is 0.000000604. The molecule has 0 radical (unpaired) electrons. The molecule has 37 heavy (non-hydrogen) atoms. The molecule has 200 valence electrons. The number of benzene rings is 2. The van der Waals surface area contributed by atoms with E-state index in [0.29, 0.717) is 17.7 Å². The van der Waals surface area contributed by atoms with Crippen LogP contribution in [0.25, 0.3) is 0 Å². The minimum Gasteiger partial charge on any atom is -0.374 e. The SMILES string of the molecule is C=C(CC(F)F)NC(Cc1ccccc1)(c1cc(C)cc(F)c1)c1ccc(C)cn1.CC(F)(F)C(F)F. The van der Waals surface area contributed by atoms with E-state index in [2.05, 4.69) is 16.9 Å². The lowest BCUT2D eigenvalue weighted by Gasteiger charge is -2.37. The lowest BCUT2D eigenvalue weighted by molar-refractivity contribution is -0.113. The molecule has 1 aromatic heterocycles. The summed E-state index contributed by atoms with van der Waals surface area (Å²) >= 11 is 0. The third kappa shape index (κ3) is 8.91. The van der Waals surface area contributed by atoms with Crippen molar-refractivity contribution in [3.8, 4) is 0 Å². The molecule has 0 bridgehead atoms. The molecule has 0 aliphatic rings. The van der Waals surface area contributed by atoms with Crippen LogP contribution in [0.4, 0.5) is 30.7 Å². The molecule has 0 aliphatic heterocycles. The van der Waals surface area contributed by atoms with E-state index in [0.717, 1.165) is 16.7 Å². The fraction of sp³-hybridized carbons (Fsp3) is 0.321. The van der Waals surface area contributed by atoms with Crippen LogP contribution in [-0.4, -0.2) is 23.8 Å². The second-order valence-electron chi connectivity index (χ2n) is 8.89. The summed E-state index contributed by atoms with van der Waals surface area (Å²) in [5.74, 6) is -4.23. The number of allylic oxidation sites excluding steroid dienone is 1. The fourth-order valence-electron chi connectivity index (χ4n) is 3.67. The maximum Gasteiger partial charge on any atom is 0.304 e. The molecule has 9 heteroatoms. The lowest BCUT2D eigenvalue weighted by Crippen LogP contribution is -2.46. The molecule has 0 saturated carbocycles. The van der Waals surface area contributed by atoms with E-state index in [4.69, 9.17) is 0 Å². The Labute approximate surface area is 212 Å². The molecule has 1 heterocycles. The van der Waals surface area contributed by atoms with Crippen molar-refractivity contribution in [1.82, 2.24) is 10.3 Å². The lowest BCUT2D eigenvalue weighted by atomic mass is 9.79. The van der Waals surface area contributed by atoms with Gasteiger partial charge in [0.15, 0.2) is 0 Å². The van der Waals surface area contributed by atoms with Crippen molar-refractivity contribution in [3.63, 3.8) is 0 Å². The van der Waals surface area contributed by atoms with Gasteiger partial charge in [0.05, 0.1) is 5.69 Å². The van der Waals surface area contributed by atoms with Crippen molar-refractivity contribution >= 4 is 0 Å². The van der Waals surface area contributed by atoms with Gasteiger partial charge in [-0.05, 0) is 54.3 Å². The van der Waals surface area contributed by atoms with E-state index in [9.17, 15) is 30.7 Å². The van der Waals surface area contributed by atoms with Crippen molar-refractivity contribution in [2.75, 3.05) is 0 Å². The number of alkyl halides is 6. The number of pyridine rings is 1. The van der Waals surface area contributed by atoms with Crippen LogP contribution in [0.1, 0.15) is 41.3 Å². The van der Waals surface area contributed by atoms with Crippen LogP contribution >= 0.6 is 0 Å². The van der Waals surface area contributed by atoms with E-state index in [-0.39, 0.29) is 12.6 Å². The van der Waals surface area contributed by atoms with E-state index < -0.39 is 36.6 Å². The van der Waals surface area contributed by atoms with Crippen LogP contribution in [-0.2, 0) is 12.0 Å². The summed E-state index contributed by atoms with van der Waals surface area (Å²) in [5.41, 5.74) is 2.98. The van der Waals surface area contributed by atoms with Gasteiger partial charge in [0, 0.05) is 31.7 Å². The third-order valence-electron chi connectivity index (χ3n) is 5.37. The molecule has 0 fully saturated rings. The van der Waals surface area contributed by atoms with Gasteiger partial charge in [-0.15, -0.1) is 0 Å². The summed E-state index contributed by atoms with van der Waals surface area (Å²) in [6.07, 6.45) is -4.47. The zero-order valence-corrected chi connectivity index (χ0v) is 20.7. The Morgan fingerprint density at radius 3 is 2.05 bits per heavy atom. The van der Waals surface area contributed by atoms with Crippen LogP contribution in [0.2, 0.25) is 0 Å². The predicted octanol–water partition coefficient (Wildman–Crippen LogP) is 7.99. The van der Waals surface area contributed by atoms with Crippen LogP contribution in [0.5, 0.6) is 0 Å². The number of aromatic nitrogens is 1. The molecule has 0 amide bonds. The molecule has 1 unspecified atom stereocenters. The minimum atomic E-state index is -3.83. The Morgan fingerprint density at radius 2 is 1.57 bits per heavy atom. The Hall–Kier alpha value is -3.36. The normalized spacial score (nSPS) is 13.1. The van der Waals surface area contributed by atoms with Gasteiger partial charge in [0.25, 0.3) is 0 Å². The maximum absolute atomic E-state index is 14.4. The molecule has 1 atom stereocenters. The van der Waals surface area contributed by atoms with E-state index >= 15 is 0 Å². The third-order valence-corrected chi connectivity index (χ3v) is 5.37. The monoisotopic (exact) mass is 526 g/mol.